The van der Waals surface area contributed by atoms with E-state index in [1.165, 1.54) is 12.1 Å². The molecule has 5 heteroatoms. The molecule has 110 valence electrons. The topological polar surface area (TPSA) is 29.1 Å². The van der Waals surface area contributed by atoms with Crippen molar-refractivity contribution in [3.8, 4) is 0 Å². The predicted molar refractivity (Wildman–Crippen MR) is 70.3 cm³/mol. The van der Waals surface area contributed by atoms with Crippen LogP contribution < -0.4 is 5.32 Å². The monoisotopic (exact) mass is 285 g/mol. The number of halogens is 3. The third-order valence-electron chi connectivity index (χ3n) is 3.80. The molecule has 0 saturated heterocycles. The first-order chi connectivity index (χ1) is 9.36. The van der Waals surface area contributed by atoms with Gasteiger partial charge in [0, 0.05) is 11.6 Å². The molecule has 1 aliphatic carbocycles. The fourth-order valence-electron chi connectivity index (χ4n) is 2.51. The second kappa shape index (κ2) is 5.85. The number of benzene rings is 1. The molecule has 0 heterocycles. The van der Waals surface area contributed by atoms with Crippen LogP contribution in [0.2, 0.25) is 0 Å². The van der Waals surface area contributed by atoms with Crippen LogP contribution in [0.4, 0.5) is 13.2 Å². The summed E-state index contributed by atoms with van der Waals surface area (Å²) in [6.45, 7) is 2.17. The van der Waals surface area contributed by atoms with Gasteiger partial charge in [0.05, 0.1) is 5.56 Å². The zero-order valence-corrected chi connectivity index (χ0v) is 11.3. The number of alkyl halides is 3. The Morgan fingerprint density at radius 2 is 1.85 bits per heavy atom. The first-order valence-corrected chi connectivity index (χ1v) is 6.84. The minimum atomic E-state index is -4.42. The molecule has 0 unspecified atom stereocenters. The van der Waals surface area contributed by atoms with E-state index in [0.29, 0.717) is 5.92 Å². The van der Waals surface area contributed by atoms with Gasteiger partial charge in [-0.2, -0.15) is 13.2 Å². The van der Waals surface area contributed by atoms with Crippen molar-refractivity contribution in [1.82, 2.24) is 5.32 Å². The second-order valence-corrected chi connectivity index (χ2v) is 5.51. The molecule has 0 aromatic heterocycles. The molecule has 20 heavy (non-hydrogen) atoms. The normalized spacial score (nSPS) is 23.4. The number of nitrogens with one attached hydrogen (secondary N) is 1. The zero-order valence-electron chi connectivity index (χ0n) is 11.3. The van der Waals surface area contributed by atoms with E-state index >= 15 is 0 Å². The van der Waals surface area contributed by atoms with Gasteiger partial charge < -0.3 is 5.32 Å². The smallest absolute Gasteiger partial charge is 0.349 e. The van der Waals surface area contributed by atoms with Crippen molar-refractivity contribution in [3.63, 3.8) is 0 Å². The minimum absolute atomic E-state index is 0.0680. The molecular weight excluding hydrogens is 267 g/mol. The third-order valence-corrected chi connectivity index (χ3v) is 3.80. The molecule has 0 atom stereocenters. The molecule has 2 nitrogen and oxygen atoms in total. The Kier molecular flexibility index (Phi) is 4.35. The maximum atomic E-state index is 12.6. The van der Waals surface area contributed by atoms with E-state index in [2.05, 4.69) is 12.2 Å². The van der Waals surface area contributed by atoms with Gasteiger partial charge in [-0.3, -0.25) is 4.79 Å². The Bertz CT molecular complexity index is 476. The molecule has 1 aliphatic rings. The quantitative estimate of drug-likeness (QED) is 0.874. The van der Waals surface area contributed by atoms with Crippen LogP contribution in [-0.2, 0) is 6.18 Å². The minimum Gasteiger partial charge on any atom is -0.349 e. The maximum absolute atomic E-state index is 12.6. The van der Waals surface area contributed by atoms with E-state index in [0.717, 1.165) is 37.8 Å². The van der Waals surface area contributed by atoms with Gasteiger partial charge in [-0.25, -0.2) is 0 Å². The summed E-state index contributed by atoms with van der Waals surface area (Å²) in [5.74, 6) is 0.243. The van der Waals surface area contributed by atoms with Gasteiger partial charge in [-0.15, -0.1) is 0 Å². The third kappa shape index (κ3) is 3.74. The highest BCUT2D eigenvalue weighted by Gasteiger charge is 2.31. The Morgan fingerprint density at radius 1 is 1.20 bits per heavy atom. The Hall–Kier alpha value is -1.52. The van der Waals surface area contributed by atoms with Gasteiger partial charge in [-0.1, -0.05) is 13.0 Å². The lowest BCUT2D eigenvalue weighted by molar-refractivity contribution is -0.137. The molecule has 0 bridgehead atoms. The number of carbonyl (C=O) groups is 1. The van der Waals surface area contributed by atoms with Gasteiger partial charge >= 0.3 is 6.18 Å². The van der Waals surface area contributed by atoms with Crippen molar-refractivity contribution in [1.29, 1.82) is 0 Å². The molecule has 2 rings (SSSR count). The van der Waals surface area contributed by atoms with E-state index < -0.39 is 17.6 Å². The Morgan fingerprint density at radius 3 is 2.45 bits per heavy atom. The fourth-order valence-corrected chi connectivity index (χ4v) is 2.51. The van der Waals surface area contributed by atoms with Gasteiger partial charge in [0.1, 0.15) is 0 Å². The molecule has 0 aliphatic heterocycles. The predicted octanol–water partition coefficient (Wildman–Crippen LogP) is 4.01. The molecule has 0 radical (unpaired) electrons. The van der Waals surface area contributed by atoms with Gasteiger partial charge in [0.15, 0.2) is 0 Å². The van der Waals surface area contributed by atoms with Crippen molar-refractivity contribution in [3.05, 3.63) is 35.4 Å². The molecule has 1 aromatic carbocycles. The van der Waals surface area contributed by atoms with Crippen molar-refractivity contribution >= 4 is 5.91 Å². The summed E-state index contributed by atoms with van der Waals surface area (Å²) < 4.78 is 37.8. The number of amides is 1. The molecule has 0 spiro atoms. The summed E-state index contributed by atoms with van der Waals surface area (Å²) in [5, 5.41) is 2.83. The first kappa shape index (κ1) is 14.9. The van der Waals surface area contributed by atoms with Crippen LogP contribution >= 0.6 is 0 Å². The lowest BCUT2D eigenvalue weighted by Gasteiger charge is -2.27. The Labute approximate surface area is 116 Å². The van der Waals surface area contributed by atoms with Crippen LogP contribution in [0.25, 0.3) is 0 Å². The van der Waals surface area contributed by atoms with Gasteiger partial charge in [0.2, 0.25) is 0 Å². The number of hydrogen-bond acceptors (Lipinski definition) is 1. The molecular formula is C15H18F3NO. The maximum Gasteiger partial charge on any atom is 0.416 e. The molecule has 1 aromatic rings. The highest BCUT2D eigenvalue weighted by molar-refractivity contribution is 5.94. The van der Waals surface area contributed by atoms with Crippen molar-refractivity contribution in [2.75, 3.05) is 0 Å². The molecule has 1 fully saturated rings. The first-order valence-electron chi connectivity index (χ1n) is 6.84. The lowest BCUT2D eigenvalue weighted by Crippen LogP contribution is -2.37. The van der Waals surface area contributed by atoms with E-state index in [-0.39, 0.29) is 11.6 Å². The second-order valence-electron chi connectivity index (χ2n) is 5.51. The van der Waals surface area contributed by atoms with Crippen molar-refractivity contribution < 1.29 is 18.0 Å². The van der Waals surface area contributed by atoms with Crippen LogP contribution in [0.1, 0.15) is 48.5 Å². The van der Waals surface area contributed by atoms with Crippen molar-refractivity contribution in [2.24, 2.45) is 5.92 Å². The number of hydrogen-bond donors (Lipinski definition) is 1. The SMILES string of the molecule is CC1CCC(NC(=O)c2cccc(C(F)(F)F)c2)CC1. The van der Waals surface area contributed by atoms with E-state index in [9.17, 15) is 18.0 Å². The van der Waals surface area contributed by atoms with Crippen LogP contribution in [-0.4, -0.2) is 11.9 Å². The summed E-state index contributed by atoms with van der Waals surface area (Å²) in [4.78, 5) is 12.0. The highest BCUT2D eigenvalue weighted by Crippen LogP contribution is 2.29. The van der Waals surface area contributed by atoms with Crippen LogP contribution in [0.15, 0.2) is 24.3 Å². The van der Waals surface area contributed by atoms with E-state index in [1.54, 1.807) is 0 Å². The highest BCUT2D eigenvalue weighted by atomic mass is 19.4. The fraction of sp³-hybridized carbons (Fsp3) is 0.533. The summed E-state index contributed by atoms with van der Waals surface area (Å²) in [6, 6.07) is 4.63. The van der Waals surface area contributed by atoms with Crippen molar-refractivity contribution in [2.45, 2.75) is 44.8 Å². The molecule has 1 saturated carbocycles. The largest absolute Gasteiger partial charge is 0.416 e. The number of carbonyl (C=O) groups excluding carboxylic acids is 1. The molecule has 1 N–H and O–H groups in total. The van der Waals surface area contributed by atoms with E-state index in [1.807, 2.05) is 0 Å². The zero-order chi connectivity index (χ0) is 14.8. The average Bonchev–Trinajstić information content (AvgIpc) is 2.40. The lowest BCUT2D eigenvalue weighted by atomic mass is 9.87. The number of rotatable bonds is 2. The van der Waals surface area contributed by atoms with Crippen LogP contribution in [0.5, 0.6) is 0 Å². The summed E-state index contributed by atoms with van der Waals surface area (Å²) in [6.07, 6.45) is -0.532. The molecule has 1 amide bonds. The average molecular weight is 285 g/mol. The van der Waals surface area contributed by atoms with Gasteiger partial charge in [0.25, 0.3) is 5.91 Å². The summed E-state index contributed by atoms with van der Waals surface area (Å²) in [5.41, 5.74) is -0.721. The summed E-state index contributed by atoms with van der Waals surface area (Å²) in [7, 11) is 0. The standard InChI is InChI=1S/C15H18F3NO/c1-10-5-7-13(8-6-10)19-14(20)11-3-2-4-12(9-11)15(16,17)18/h2-4,9-10,13H,5-8H2,1H3,(H,19,20). The van der Waals surface area contributed by atoms with E-state index in [4.69, 9.17) is 0 Å². The van der Waals surface area contributed by atoms with Crippen LogP contribution in [0.3, 0.4) is 0 Å². The summed E-state index contributed by atoms with van der Waals surface area (Å²) >= 11 is 0. The van der Waals surface area contributed by atoms with Crippen LogP contribution in [0, 0.1) is 5.92 Å². The van der Waals surface area contributed by atoms with Gasteiger partial charge in [-0.05, 0) is 49.8 Å². The Balaban J connectivity index is 2.02.